The topological polar surface area (TPSA) is 38.8 Å². The molecule has 18 heavy (non-hydrogen) atoms. The number of carbonyl (C=O) groups is 1. The fraction of sp³-hybridized carbons (Fsp3) is 0.462. The van der Waals surface area contributed by atoms with Crippen molar-refractivity contribution in [3.8, 4) is 5.75 Å². The van der Waals surface area contributed by atoms with Crippen LogP contribution in [0.1, 0.15) is 20.8 Å². The fourth-order valence-corrected chi connectivity index (χ4v) is 2.17. The average Bonchev–Trinajstić information content (AvgIpc) is 2.25. The number of nitrogens with zero attached hydrogens (tertiary/aromatic N) is 1. The van der Waals surface area contributed by atoms with E-state index >= 15 is 0 Å². The molecule has 1 amide bonds. The molecule has 4 nitrogen and oxygen atoms in total. The zero-order valence-corrected chi connectivity index (χ0v) is 12.9. The summed E-state index contributed by atoms with van der Waals surface area (Å²) in [6, 6.07) is 5.77. The molecule has 0 aromatic heterocycles. The molecule has 1 aliphatic heterocycles. The molecule has 0 N–H and O–H groups in total. The van der Waals surface area contributed by atoms with Crippen LogP contribution in [0.2, 0.25) is 0 Å². The molecule has 1 aromatic rings. The van der Waals surface area contributed by atoms with E-state index in [9.17, 15) is 4.79 Å². The van der Waals surface area contributed by atoms with Gasteiger partial charge in [-0.25, -0.2) is 4.79 Å². The third-order valence-corrected chi connectivity index (χ3v) is 3.07. The Bertz CT molecular complexity index is 468. The van der Waals surface area contributed by atoms with Crippen LogP contribution in [0.4, 0.5) is 10.5 Å². The molecule has 1 aliphatic rings. The van der Waals surface area contributed by atoms with Crippen molar-refractivity contribution in [3.05, 3.63) is 21.8 Å². The van der Waals surface area contributed by atoms with Crippen molar-refractivity contribution in [3.63, 3.8) is 0 Å². The van der Waals surface area contributed by atoms with Crippen LogP contribution in [0, 0.1) is 3.57 Å². The third-order valence-electron chi connectivity index (χ3n) is 2.40. The molecular formula is C13H16INO3. The van der Waals surface area contributed by atoms with Crippen molar-refractivity contribution in [2.24, 2.45) is 0 Å². The summed E-state index contributed by atoms with van der Waals surface area (Å²) in [5.41, 5.74) is 0.291. The molecule has 1 aromatic carbocycles. The first-order chi connectivity index (χ1) is 8.37. The highest BCUT2D eigenvalue weighted by atomic mass is 127. The Balaban J connectivity index is 2.27. The lowest BCUT2D eigenvalue weighted by Crippen LogP contribution is -2.41. The minimum absolute atomic E-state index is 0.325. The predicted molar refractivity (Wildman–Crippen MR) is 78.2 cm³/mol. The normalized spacial score (nSPS) is 14.8. The van der Waals surface area contributed by atoms with E-state index in [0.29, 0.717) is 13.2 Å². The molecule has 0 bridgehead atoms. The highest BCUT2D eigenvalue weighted by Crippen LogP contribution is 2.33. The van der Waals surface area contributed by atoms with Crippen LogP contribution in [-0.4, -0.2) is 24.8 Å². The summed E-state index contributed by atoms with van der Waals surface area (Å²) >= 11 is 2.21. The quantitative estimate of drug-likeness (QED) is 0.665. The molecule has 2 rings (SSSR count). The van der Waals surface area contributed by atoms with E-state index < -0.39 is 5.60 Å². The molecular weight excluding hydrogens is 345 g/mol. The molecule has 1 heterocycles. The van der Waals surface area contributed by atoms with Crippen LogP contribution in [0.15, 0.2) is 18.2 Å². The van der Waals surface area contributed by atoms with Gasteiger partial charge in [0.25, 0.3) is 0 Å². The van der Waals surface area contributed by atoms with Crippen molar-refractivity contribution >= 4 is 34.4 Å². The average molecular weight is 361 g/mol. The first kappa shape index (κ1) is 13.5. The van der Waals surface area contributed by atoms with Crippen molar-refractivity contribution in [2.75, 3.05) is 18.1 Å². The Hall–Kier alpha value is -0.980. The van der Waals surface area contributed by atoms with Crippen LogP contribution >= 0.6 is 22.6 Å². The number of hydrogen-bond acceptors (Lipinski definition) is 3. The SMILES string of the molecule is CC(C)(C)OC(=O)N1CCOc2ccc(I)cc21. The summed E-state index contributed by atoms with van der Waals surface area (Å²) < 4.78 is 12.0. The second-order valence-electron chi connectivity index (χ2n) is 5.09. The Kier molecular flexibility index (Phi) is 3.70. The maximum Gasteiger partial charge on any atom is 0.415 e. The van der Waals surface area contributed by atoms with Gasteiger partial charge in [0.1, 0.15) is 18.0 Å². The van der Waals surface area contributed by atoms with Gasteiger partial charge in [-0.1, -0.05) is 0 Å². The first-order valence-corrected chi connectivity index (χ1v) is 6.87. The predicted octanol–water partition coefficient (Wildman–Crippen LogP) is 3.43. The number of anilines is 1. The van der Waals surface area contributed by atoms with Gasteiger partial charge in [0, 0.05) is 3.57 Å². The van der Waals surface area contributed by atoms with Crippen LogP contribution in [0.5, 0.6) is 5.75 Å². The molecule has 0 unspecified atom stereocenters. The Morgan fingerprint density at radius 2 is 2.17 bits per heavy atom. The number of carbonyl (C=O) groups excluding carboxylic acids is 1. The summed E-state index contributed by atoms with van der Waals surface area (Å²) in [6.45, 7) is 6.60. The number of halogens is 1. The van der Waals surface area contributed by atoms with E-state index in [1.807, 2.05) is 39.0 Å². The van der Waals surface area contributed by atoms with Crippen molar-refractivity contribution in [1.29, 1.82) is 0 Å². The first-order valence-electron chi connectivity index (χ1n) is 5.80. The number of ether oxygens (including phenoxy) is 2. The molecule has 0 radical (unpaired) electrons. The number of hydrogen-bond donors (Lipinski definition) is 0. The zero-order chi connectivity index (χ0) is 13.3. The number of amides is 1. The molecule has 0 atom stereocenters. The van der Waals surface area contributed by atoms with Crippen molar-refractivity contribution in [2.45, 2.75) is 26.4 Å². The summed E-state index contributed by atoms with van der Waals surface area (Å²) in [7, 11) is 0. The maximum atomic E-state index is 12.1. The van der Waals surface area contributed by atoms with Crippen LogP contribution in [0.3, 0.4) is 0 Å². The van der Waals surface area contributed by atoms with E-state index in [2.05, 4.69) is 22.6 Å². The standard InChI is InChI=1S/C13H16INO3/c1-13(2,3)18-12(16)15-6-7-17-11-5-4-9(14)8-10(11)15/h4-5,8H,6-7H2,1-3H3. The van der Waals surface area contributed by atoms with Crippen LogP contribution in [-0.2, 0) is 4.74 Å². The Morgan fingerprint density at radius 1 is 1.44 bits per heavy atom. The van der Waals surface area contributed by atoms with Gasteiger partial charge < -0.3 is 9.47 Å². The van der Waals surface area contributed by atoms with Gasteiger partial charge in [-0.2, -0.15) is 0 Å². The van der Waals surface area contributed by atoms with Gasteiger partial charge in [-0.15, -0.1) is 0 Å². The summed E-state index contributed by atoms with van der Waals surface area (Å²) in [5, 5.41) is 0. The highest BCUT2D eigenvalue weighted by molar-refractivity contribution is 14.1. The third kappa shape index (κ3) is 3.07. The van der Waals surface area contributed by atoms with Crippen LogP contribution < -0.4 is 9.64 Å². The molecule has 0 aliphatic carbocycles. The van der Waals surface area contributed by atoms with E-state index in [1.165, 1.54) is 0 Å². The lowest BCUT2D eigenvalue weighted by atomic mass is 10.2. The van der Waals surface area contributed by atoms with Gasteiger partial charge >= 0.3 is 6.09 Å². The van der Waals surface area contributed by atoms with E-state index in [1.54, 1.807) is 4.90 Å². The monoisotopic (exact) mass is 361 g/mol. The van der Waals surface area contributed by atoms with E-state index in [4.69, 9.17) is 9.47 Å². The highest BCUT2D eigenvalue weighted by Gasteiger charge is 2.28. The van der Waals surface area contributed by atoms with Gasteiger partial charge in [0.05, 0.1) is 12.2 Å². The van der Waals surface area contributed by atoms with Gasteiger partial charge in [-0.3, -0.25) is 4.90 Å². The van der Waals surface area contributed by atoms with Gasteiger partial charge in [0.15, 0.2) is 0 Å². The summed E-state index contributed by atoms with van der Waals surface area (Å²) in [4.78, 5) is 13.8. The van der Waals surface area contributed by atoms with Crippen molar-refractivity contribution in [1.82, 2.24) is 0 Å². The smallest absolute Gasteiger partial charge is 0.415 e. The second-order valence-corrected chi connectivity index (χ2v) is 6.34. The lowest BCUT2D eigenvalue weighted by Gasteiger charge is -2.31. The zero-order valence-electron chi connectivity index (χ0n) is 10.7. The van der Waals surface area contributed by atoms with Gasteiger partial charge in [0.2, 0.25) is 0 Å². The molecule has 0 spiro atoms. The largest absolute Gasteiger partial charge is 0.490 e. The Labute approximate surface area is 120 Å². The number of benzene rings is 1. The van der Waals surface area contributed by atoms with E-state index in [0.717, 1.165) is 15.0 Å². The fourth-order valence-electron chi connectivity index (χ4n) is 1.70. The summed E-state index contributed by atoms with van der Waals surface area (Å²) in [5.74, 6) is 0.729. The maximum absolute atomic E-state index is 12.1. The van der Waals surface area contributed by atoms with Crippen LogP contribution in [0.25, 0.3) is 0 Å². The second kappa shape index (κ2) is 4.95. The lowest BCUT2D eigenvalue weighted by molar-refractivity contribution is 0.0568. The summed E-state index contributed by atoms with van der Waals surface area (Å²) in [6.07, 6.45) is -0.325. The molecule has 5 heteroatoms. The minimum Gasteiger partial charge on any atom is -0.490 e. The number of fused-ring (bicyclic) bond motifs is 1. The van der Waals surface area contributed by atoms with Crippen molar-refractivity contribution < 1.29 is 14.3 Å². The molecule has 0 saturated heterocycles. The van der Waals surface area contributed by atoms with Gasteiger partial charge in [-0.05, 0) is 61.6 Å². The molecule has 0 saturated carbocycles. The number of rotatable bonds is 0. The van der Waals surface area contributed by atoms with E-state index in [-0.39, 0.29) is 6.09 Å². The molecule has 98 valence electrons. The minimum atomic E-state index is -0.489. The Morgan fingerprint density at radius 3 is 2.83 bits per heavy atom. The molecule has 0 fully saturated rings.